The Balaban J connectivity index is 1.70. The van der Waals surface area contributed by atoms with E-state index in [1.807, 2.05) is 6.92 Å². The number of rotatable bonds is 6. The summed E-state index contributed by atoms with van der Waals surface area (Å²) >= 11 is 7.31. The maximum absolute atomic E-state index is 12.4. The summed E-state index contributed by atoms with van der Waals surface area (Å²) in [5, 5.41) is 10.6. The highest BCUT2D eigenvalue weighted by Gasteiger charge is 2.18. The first kappa shape index (κ1) is 18.2. The lowest BCUT2D eigenvalue weighted by Gasteiger charge is -2.07. The molecule has 3 aromatic rings. The lowest BCUT2D eigenvalue weighted by atomic mass is 10.2. The van der Waals surface area contributed by atoms with E-state index in [0.29, 0.717) is 15.7 Å². The van der Waals surface area contributed by atoms with Gasteiger partial charge in [-0.1, -0.05) is 17.7 Å². The lowest BCUT2D eigenvalue weighted by Crippen LogP contribution is -2.22. The molecule has 0 spiro atoms. The molecule has 0 bridgehead atoms. The second-order valence-electron chi connectivity index (χ2n) is 5.46. The minimum atomic E-state index is -3.66. The number of thiophene rings is 1. The summed E-state index contributed by atoms with van der Waals surface area (Å²) in [5.41, 5.74) is 0.815. The number of hydrogen-bond donors (Lipinski definition) is 2. The first-order valence-corrected chi connectivity index (χ1v) is 10.1. The molecule has 25 heavy (non-hydrogen) atoms. The van der Waals surface area contributed by atoms with Crippen LogP contribution in [-0.2, 0) is 16.6 Å². The second-order valence-corrected chi connectivity index (χ2v) is 8.83. The van der Waals surface area contributed by atoms with Crippen LogP contribution in [0.3, 0.4) is 0 Å². The largest absolute Gasteiger partial charge is 0.466 e. The minimum absolute atomic E-state index is 0.121. The molecule has 132 valence electrons. The van der Waals surface area contributed by atoms with Crippen molar-refractivity contribution < 1.29 is 17.9 Å². The van der Waals surface area contributed by atoms with Crippen molar-refractivity contribution in [2.75, 3.05) is 0 Å². The van der Waals surface area contributed by atoms with Gasteiger partial charge in [0.2, 0.25) is 10.0 Å². The van der Waals surface area contributed by atoms with Crippen molar-refractivity contribution >= 4 is 33.0 Å². The highest BCUT2D eigenvalue weighted by molar-refractivity contribution is 7.89. The van der Waals surface area contributed by atoms with Crippen LogP contribution < -0.4 is 4.72 Å². The molecule has 0 saturated carbocycles. The van der Waals surface area contributed by atoms with Gasteiger partial charge in [-0.15, -0.1) is 11.3 Å². The van der Waals surface area contributed by atoms with Crippen LogP contribution in [-0.4, -0.2) is 13.5 Å². The molecular weight excluding hydrogens is 382 g/mol. The molecule has 5 nitrogen and oxygen atoms in total. The number of benzene rings is 1. The van der Waals surface area contributed by atoms with Gasteiger partial charge in [0.15, 0.2) is 0 Å². The van der Waals surface area contributed by atoms with Gasteiger partial charge < -0.3 is 9.52 Å². The molecule has 1 unspecified atom stereocenters. The average molecular weight is 398 g/mol. The molecule has 1 aromatic carbocycles. The van der Waals surface area contributed by atoms with Crippen LogP contribution in [0.2, 0.25) is 5.02 Å². The van der Waals surface area contributed by atoms with E-state index in [1.54, 1.807) is 30.3 Å². The fourth-order valence-corrected chi connectivity index (χ4v) is 4.53. The Morgan fingerprint density at radius 1 is 1.28 bits per heavy atom. The van der Waals surface area contributed by atoms with E-state index >= 15 is 0 Å². The number of aliphatic hydroxyl groups is 1. The zero-order chi connectivity index (χ0) is 18.0. The Morgan fingerprint density at radius 2 is 2.08 bits per heavy atom. The van der Waals surface area contributed by atoms with E-state index in [4.69, 9.17) is 16.0 Å². The molecule has 3 rings (SSSR count). The molecule has 0 fully saturated rings. The van der Waals surface area contributed by atoms with Crippen molar-refractivity contribution in [1.82, 2.24) is 4.72 Å². The number of aryl methyl sites for hydroxylation is 1. The van der Waals surface area contributed by atoms with Gasteiger partial charge in [-0.2, -0.15) is 0 Å². The Bertz CT molecular complexity index is 964. The van der Waals surface area contributed by atoms with Crippen molar-refractivity contribution in [2.45, 2.75) is 24.5 Å². The van der Waals surface area contributed by atoms with Crippen LogP contribution in [0.25, 0.3) is 0 Å². The lowest BCUT2D eigenvalue weighted by molar-refractivity contribution is 0.193. The maximum atomic E-state index is 12.4. The van der Waals surface area contributed by atoms with Gasteiger partial charge in [-0.3, -0.25) is 0 Å². The number of nitrogens with one attached hydrogen (secondary N) is 1. The third kappa shape index (κ3) is 4.13. The average Bonchev–Trinajstić information content (AvgIpc) is 3.26. The van der Waals surface area contributed by atoms with Gasteiger partial charge in [0.1, 0.15) is 11.9 Å². The van der Waals surface area contributed by atoms with E-state index in [-0.39, 0.29) is 11.4 Å². The molecule has 0 aliphatic carbocycles. The van der Waals surface area contributed by atoms with E-state index < -0.39 is 16.1 Å². The van der Waals surface area contributed by atoms with Crippen LogP contribution in [0.4, 0.5) is 0 Å². The first-order chi connectivity index (χ1) is 11.9. The van der Waals surface area contributed by atoms with E-state index in [9.17, 15) is 13.5 Å². The molecule has 0 aliphatic rings. The number of sulfonamides is 1. The summed E-state index contributed by atoms with van der Waals surface area (Å²) in [6.07, 6.45) is 0.634. The molecule has 2 heterocycles. The Morgan fingerprint density at radius 3 is 2.76 bits per heavy atom. The van der Waals surface area contributed by atoms with Crippen LogP contribution in [0.1, 0.15) is 27.2 Å². The maximum Gasteiger partial charge on any atom is 0.240 e. The zero-order valence-electron chi connectivity index (χ0n) is 13.3. The minimum Gasteiger partial charge on any atom is -0.466 e. The Kier molecular flexibility index (Phi) is 5.31. The van der Waals surface area contributed by atoms with Crippen LogP contribution in [0, 0.1) is 6.92 Å². The quantitative estimate of drug-likeness (QED) is 0.661. The van der Waals surface area contributed by atoms with Gasteiger partial charge in [0, 0.05) is 21.3 Å². The number of furan rings is 1. The van der Waals surface area contributed by atoms with Crippen LogP contribution in [0.15, 0.2) is 58.0 Å². The summed E-state index contributed by atoms with van der Waals surface area (Å²) in [5.74, 6) is 0.447. The van der Waals surface area contributed by atoms with Gasteiger partial charge >= 0.3 is 0 Å². The standard InChI is InChI=1S/C17H16ClNO4S2/c1-11-4-6-13(9-14(11)18)25(21,22)19-10-12-5-7-16(24-12)17(20)15-3-2-8-23-15/h2-9,17,19-20H,10H2,1H3. The fraction of sp³-hybridized carbons (Fsp3) is 0.176. The molecule has 2 N–H and O–H groups in total. The molecule has 2 aromatic heterocycles. The zero-order valence-corrected chi connectivity index (χ0v) is 15.7. The van der Waals surface area contributed by atoms with Gasteiger partial charge in [-0.25, -0.2) is 13.1 Å². The second kappa shape index (κ2) is 7.31. The molecule has 1 atom stereocenters. The van der Waals surface area contributed by atoms with E-state index in [2.05, 4.69) is 4.72 Å². The third-order valence-corrected chi connectivity index (χ3v) is 6.60. The SMILES string of the molecule is Cc1ccc(S(=O)(=O)NCc2ccc(C(O)c3ccco3)s2)cc1Cl. The first-order valence-electron chi connectivity index (χ1n) is 7.43. The predicted molar refractivity (Wildman–Crippen MR) is 97.3 cm³/mol. The number of halogens is 1. The fourth-order valence-electron chi connectivity index (χ4n) is 2.21. The third-order valence-electron chi connectivity index (χ3n) is 3.65. The molecular formula is C17H16ClNO4S2. The monoisotopic (exact) mass is 397 g/mol. The van der Waals surface area contributed by atoms with Gasteiger partial charge in [0.25, 0.3) is 0 Å². The summed E-state index contributed by atoms with van der Waals surface area (Å²) in [7, 11) is -3.66. The van der Waals surface area contributed by atoms with Crippen molar-refractivity contribution in [3.63, 3.8) is 0 Å². The molecule has 0 radical (unpaired) electrons. The van der Waals surface area contributed by atoms with Crippen molar-refractivity contribution in [2.24, 2.45) is 0 Å². The van der Waals surface area contributed by atoms with E-state index in [0.717, 1.165) is 10.4 Å². The number of aliphatic hydroxyl groups excluding tert-OH is 1. The highest BCUT2D eigenvalue weighted by Crippen LogP contribution is 2.29. The Hall–Kier alpha value is -1.64. The van der Waals surface area contributed by atoms with Crippen LogP contribution in [0.5, 0.6) is 0 Å². The molecule has 0 aliphatic heterocycles. The molecule has 8 heteroatoms. The highest BCUT2D eigenvalue weighted by atomic mass is 35.5. The molecule has 0 amide bonds. The van der Waals surface area contributed by atoms with Crippen LogP contribution >= 0.6 is 22.9 Å². The molecule has 0 saturated heterocycles. The number of hydrogen-bond acceptors (Lipinski definition) is 5. The van der Waals surface area contributed by atoms with Crippen molar-refractivity contribution in [1.29, 1.82) is 0 Å². The van der Waals surface area contributed by atoms with Crippen molar-refractivity contribution in [3.8, 4) is 0 Å². The summed E-state index contributed by atoms with van der Waals surface area (Å²) in [6, 6.07) is 11.5. The van der Waals surface area contributed by atoms with Gasteiger partial charge in [0.05, 0.1) is 11.2 Å². The summed E-state index contributed by atoms with van der Waals surface area (Å²) in [6.45, 7) is 1.94. The van der Waals surface area contributed by atoms with E-state index in [1.165, 1.54) is 29.7 Å². The van der Waals surface area contributed by atoms with Crippen molar-refractivity contribution in [3.05, 3.63) is 74.8 Å². The smallest absolute Gasteiger partial charge is 0.240 e. The Labute approximate surface area is 154 Å². The summed E-state index contributed by atoms with van der Waals surface area (Å²) in [4.78, 5) is 1.58. The normalized spacial score (nSPS) is 13.1. The van der Waals surface area contributed by atoms with Gasteiger partial charge in [-0.05, 0) is 48.9 Å². The topological polar surface area (TPSA) is 79.5 Å². The summed E-state index contributed by atoms with van der Waals surface area (Å²) < 4.78 is 32.5. The predicted octanol–water partition coefficient (Wildman–Crippen LogP) is 3.86.